The van der Waals surface area contributed by atoms with E-state index >= 15 is 0 Å². The molecule has 0 fully saturated rings. The molecule has 0 spiro atoms. The van der Waals surface area contributed by atoms with Crippen molar-refractivity contribution in [3.63, 3.8) is 0 Å². The van der Waals surface area contributed by atoms with Gasteiger partial charge in [-0.25, -0.2) is 0 Å². The molecule has 0 aliphatic carbocycles. The lowest BCUT2D eigenvalue weighted by Gasteiger charge is -2.10. The first-order valence-electron chi connectivity index (χ1n) is 7.62. The van der Waals surface area contributed by atoms with Gasteiger partial charge in [0.1, 0.15) is 0 Å². The third-order valence-electron chi connectivity index (χ3n) is 4.11. The highest BCUT2D eigenvalue weighted by Gasteiger charge is 2.16. The SMILES string of the molecule is Cc1ccccc1NC(=O)c1cc(C)n(Cc2cccs2)c1C. The van der Waals surface area contributed by atoms with Crippen molar-refractivity contribution in [2.45, 2.75) is 27.3 Å². The molecular formula is C19H20N2OS. The molecule has 0 radical (unpaired) electrons. The van der Waals surface area contributed by atoms with Crippen LogP contribution in [0, 0.1) is 20.8 Å². The lowest BCUT2D eigenvalue weighted by atomic mass is 10.2. The van der Waals surface area contributed by atoms with Crippen molar-refractivity contribution in [3.8, 4) is 0 Å². The summed E-state index contributed by atoms with van der Waals surface area (Å²) in [7, 11) is 0. The van der Waals surface area contributed by atoms with Gasteiger partial charge in [-0.3, -0.25) is 4.79 Å². The maximum Gasteiger partial charge on any atom is 0.257 e. The standard InChI is InChI=1S/C19H20N2OS/c1-13-7-4-5-9-18(13)20-19(22)17-11-14(2)21(15(17)3)12-16-8-6-10-23-16/h4-11H,12H2,1-3H3,(H,20,22). The van der Waals surface area contributed by atoms with E-state index in [-0.39, 0.29) is 5.91 Å². The molecule has 0 unspecified atom stereocenters. The van der Waals surface area contributed by atoms with Crippen LogP contribution in [0.5, 0.6) is 0 Å². The Labute approximate surface area is 140 Å². The van der Waals surface area contributed by atoms with Crippen molar-refractivity contribution in [2.24, 2.45) is 0 Å². The zero-order valence-corrected chi connectivity index (χ0v) is 14.4. The zero-order chi connectivity index (χ0) is 16.4. The molecule has 3 nitrogen and oxygen atoms in total. The molecule has 23 heavy (non-hydrogen) atoms. The lowest BCUT2D eigenvalue weighted by Crippen LogP contribution is -2.14. The topological polar surface area (TPSA) is 34.0 Å². The highest BCUT2D eigenvalue weighted by Crippen LogP contribution is 2.21. The summed E-state index contributed by atoms with van der Waals surface area (Å²) in [5, 5.41) is 5.10. The molecule has 3 aromatic rings. The van der Waals surface area contributed by atoms with Gasteiger partial charge in [0, 0.05) is 22.0 Å². The number of hydrogen-bond acceptors (Lipinski definition) is 2. The van der Waals surface area contributed by atoms with Crippen molar-refractivity contribution in [2.75, 3.05) is 5.32 Å². The molecule has 4 heteroatoms. The Morgan fingerprint density at radius 2 is 1.91 bits per heavy atom. The Bertz CT molecular complexity index is 831. The number of nitrogens with one attached hydrogen (secondary N) is 1. The number of aromatic nitrogens is 1. The van der Waals surface area contributed by atoms with Crippen molar-refractivity contribution in [3.05, 3.63) is 75.2 Å². The monoisotopic (exact) mass is 324 g/mol. The first-order valence-corrected chi connectivity index (χ1v) is 8.50. The number of hydrogen-bond donors (Lipinski definition) is 1. The number of nitrogens with zero attached hydrogens (tertiary/aromatic N) is 1. The number of aryl methyl sites for hydroxylation is 2. The van der Waals surface area contributed by atoms with Crippen LogP contribution in [0.4, 0.5) is 5.69 Å². The first kappa shape index (κ1) is 15.6. The van der Waals surface area contributed by atoms with Gasteiger partial charge in [-0.05, 0) is 49.9 Å². The van der Waals surface area contributed by atoms with E-state index in [4.69, 9.17) is 0 Å². The predicted molar refractivity (Wildman–Crippen MR) is 96.5 cm³/mol. The van der Waals surface area contributed by atoms with Crippen LogP contribution in [-0.4, -0.2) is 10.5 Å². The number of rotatable bonds is 4. The summed E-state index contributed by atoms with van der Waals surface area (Å²) in [4.78, 5) is 13.9. The zero-order valence-electron chi connectivity index (χ0n) is 13.6. The average Bonchev–Trinajstić information content (AvgIpc) is 3.13. The van der Waals surface area contributed by atoms with Gasteiger partial charge in [-0.15, -0.1) is 11.3 Å². The molecule has 118 valence electrons. The van der Waals surface area contributed by atoms with Crippen molar-refractivity contribution < 1.29 is 4.79 Å². The molecule has 0 bridgehead atoms. The molecule has 1 amide bonds. The number of carbonyl (C=O) groups is 1. The molecule has 0 aliphatic rings. The second kappa shape index (κ2) is 6.42. The maximum atomic E-state index is 12.6. The van der Waals surface area contributed by atoms with Gasteiger partial charge in [0.15, 0.2) is 0 Å². The van der Waals surface area contributed by atoms with Crippen LogP contribution in [0.2, 0.25) is 0 Å². The smallest absolute Gasteiger partial charge is 0.257 e. The fourth-order valence-electron chi connectivity index (χ4n) is 2.74. The maximum absolute atomic E-state index is 12.6. The Kier molecular flexibility index (Phi) is 4.35. The Morgan fingerprint density at radius 1 is 1.13 bits per heavy atom. The molecule has 1 N–H and O–H groups in total. The third-order valence-corrected chi connectivity index (χ3v) is 4.97. The quantitative estimate of drug-likeness (QED) is 0.736. The summed E-state index contributed by atoms with van der Waals surface area (Å²) in [6.07, 6.45) is 0. The van der Waals surface area contributed by atoms with Gasteiger partial charge in [0.2, 0.25) is 0 Å². The molecule has 0 saturated carbocycles. The van der Waals surface area contributed by atoms with E-state index in [1.165, 1.54) is 4.88 Å². The van der Waals surface area contributed by atoms with Crippen LogP contribution in [0.3, 0.4) is 0 Å². The highest BCUT2D eigenvalue weighted by molar-refractivity contribution is 7.09. The van der Waals surface area contributed by atoms with Crippen LogP contribution < -0.4 is 5.32 Å². The summed E-state index contributed by atoms with van der Waals surface area (Å²) in [5.41, 5.74) is 4.77. The van der Waals surface area contributed by atoms with Crippen LogP contribution in [0.1, 0.15) is 32.2 Å². The van der Waals surface area contributed by atoms with Gasteiger partial charge < -0.3 is 9.88 Å². The summed E-state index contributed by atoms with van der Waals surface area (Å²) < 4.78 is 2.19. The van der Waals surface area contributed by atoms with E-state index < -0.39 is 0 Å². The van der Waals surface area contributed by atoms with Crippen LogP contribution >= 0.6 is 11.3 Å². The Hall–Kier alpha value is -2.33. The summed E-state index contributed by atoms with van der Waals surface area (Å²) in [5.74, 6) is -0.0511. The van der Waals surface area contributed by atoms with Gasteiger partial charge in [0.25, 0.3) is 5.91 Å². The van der Waals surface area contributed by atoms with Crippen LogP contribution in [0.15, 0.2) is 47.8 Å². The lowest BCUT2D eigenvalue weighted by molar-refractivity contribution is 0.102. The molecule has 1 aromatic carbocycles. The molecule has 0 saturated heterocycles. The average molecular weight is 324 g/mol. The van der Waals surface area contributed by atoms with E-state index in [1.807, 2.05) is 51.1 Å². The predicted octanol–water partition coefficient (Wildman–Crippen LogP) is 4.78. The second-order valence-corrected chi connectivity index (χ2v) is 6.75. The number of para-hydroxylation sites is 1. The fourth-order valence-corrected chi connectivity index (χ4v) is 3.43. The number of benzene rings is 1. The normalized spacial score (nSPS) is 10.7. The fraction of sp³-hybridized carbons (Fsp3) is 0.211. The third kappa shape index (κ3) is 3.22. The van der Waals surface area contributed by atoms with Crippen LogP contribution in [-0.2, 0) is 6.54 Å². The van der Waals surface area contributed by atoms with Gasteiger partial charge in [0.05, 0.1) is 12.1 Å². The number of amides is 1. The number of carbonyl (C=O) groups excluding carboxylic acids is 1. The minimum atomic E-state index is -0.0511. The van der Waals surface area contributed by atoms with E-state index in [0.717, 1.165) is 34.7 Å². The Balaban J connectivity index is 1.86. The molecule has 2 aromatic heterocycles. The van der Waals surface area contributed by atoms with E-state index in [0.29, 0.717) is 0 Å². The Morgan fingerprint density at radius 3 is 2.61 bits per heavy atom. The van der Waals surface area contributed by atoms with Crippen molar-refractivity contribution in [1.82, 2.24) is 4.57 Å². The second-order valence-electron chi connectivity index (χ2n) is 5.72. The van der Waals surface area contributed by atoms with Gasteiger partial charge in [-0.1, -0.05) is 24.3 Å². The number of thiophene rings is 1. The van der Waals surface area contributed by atoms with Gasteiger partial charge in [-0.2, -0.15) is 0 Å². The number of anilines is 1. The molecule has 0 atom stereocenters. The minimum absolute atomic E-state index is 0.0511. The summed E-state index contributed by atoms with van der Waals surface area (Å²) in [6.45, 7) is 6.86. The van der Waals surface area contributed by atoms with Crippen molar-refractivity contribution in [1.29, 1.82) is 0 Å². The summed E-state index contributed by atoms with van der Waals surface area (Å²) >= 11 is 1.74. The molecule has 3 rings (SSSR count). The molecule has 2 heterocycles. The van der Waals surface area contributed by atoms with Crippen molar-refractivity contribution >= 4 is 22.9 Å². The molecule has 0 aliphatic heterocycles. The minimum Gasteiger partial charge on any atom is -0.343 e. The highest BCUT2D eigenvalue weighted by atomic mass is 32.1. The van der Waals surface area contributed by atoms with E-state index in [9.17, 15) is 4.79 Å². The van der Waals surface area contributed by atoms with E-state index in [2.05, 4.69) is 27.4 Å². The van der Waals surface area contributed by atoms with E-state index in [1.54, 1.807) is 11.3 Å². The summed E-state index contributed by atoms with van der Waals surface area (Å²) in [6, 6.07) is 14.0. The molecular weight excluding hydrogens is 304 g/mol. The van der Waals surface area contributed by atoms with Gasteiger partial charge >= 0.3 is 0 Å². The first-order chi connectivity index (χ1) is 11.1. The van der Waals surface area contributed by atoms with Crippen LogP contribution in [0.25, 0.3) is 0 Å². The largest absolute Gasteiger partial charge is 0.343 e.